The van der Waals surface area contributed by atoms with E-state index in [1.54, 1.807) is 5.32 Å². The lowest BCUT2D eigenvalue weighted by molar-refractivity contribution is -0.167. The minimum absolute atomic E-state index is 0.0423. The van der Waals surface area contributed by atoms with Gasteiger partial charge in [-0.25, -0.2) is 4.79 Å². The molecule has 0 bridgehead atoms. The lowest BCUT2D eigenvalue weighted by atomic mass is 10.1. The molecule has 0 saturated heterocycles. The lowest BCUT2D eigenvalue weighted by Gasteiger charge is -2.07. The maximum atomic E-state index is 12.1. The normalized spacial score (nSPS) is 11.6. The van der Waals surface area contributed by atoms with Gasteiger partial charge < -0.3 is 15.4 Å². The third-order valence-electron chi connectivity index (χ3n) is 2.79. The number of nitrogens with one attached hydrogen (secondary N) is 2. The van der Waals surface area contributed by atoms with Gasteiger partial charge in [0.1, 0.15) is 5.69 Å². The molecule has 0 radical (unpaired) electrons. The molecule has 106 valence electrons. The standard InChI is InChI=1S/C12H9F3N2O3/c1-5-7-4-6(16-11(20)12(13,14)15)2-3-8(7)17-9(5)10(18)19/h2-4,17H,1H3,(H,16,20)(H,18,19). The molecule has 0 atom stereocenters. The van der Waals surface area contributed by atoms with E-state index >= 15 is 0 Å². The molecule has 2 aromatic rings. The summed E-state index contributed by atoms with van der Waals surface area (Å²) in [6.45, 7) is 1.53. The van der Waals surface area contributed by atoms with Crippen LogP contribution in [0.4, 0.5) is 18.9 Å². The maximum Gasteiger partial charge on any atom is 0.471 e. The quantitative estimate of drug-likeness (QED) is 0.793. The van der Waals surface area contributed by atoms with Gasteiger partial charge in [0.15, 0.2) is 0 Å². The van der Waals surface area contributed by atoms with Crippen LogP contribution < -0.4 is 5.32 Å². The number of halogens is 3. The minimum atomic E-state index is -4.98. The monoisotopic (exact) mass is 286 g/mol. The average Bonchev–Trinajstić information content (AvgIpc) is 2.66. The number of fused-ring (bicyclic) bond motifs is 1. The number of amides is 1. The molecule has 1 aromatic carbocycles. The van der Waals surface area contributed by atoms with E-state index in [0.29, 0.717) is 16.5 Å². The van der Waals surface area contributed by atoms with Gasteiger partial charge in [0.2, 0.25) is 0 Å². The highest BCUT2D eigenvalue weighted by Gasteiger charge is 2.38. The largest absolute Gasteiger partial charge is 0.477 e. The predicted octanol–water partition coefficient (Wildman–Crippen LogP) is 2.68. The van der Waals surface area contributed by atoms with Gasteiger partial charge >= 0.3 is 18.1 Å². The van der Waals surface area contributed by atoms with Gasteiger partial charge in [-0.05, 0) is 30.7 Å². The number of carbonyl (C=O) groups excluding carboxylic acids is 1. The summed E-state index contributed by atoms with van der Waals surface area (Å²) in [5.74, 6) is -3.25. The predicted molar refractivity (Wildman–Crippen MR) is 64.7 cm³/mol. The molecule has 5 nitrogen and oxygen atoms in total. The van der Waals surface area contributed by atoms with Crippen molar-refractivity contribution in [2.24, 2.45) is 0 Å². The Labute approximate surface area is 110 Å². The summed E-state index contributed by atoms with van der Waals surface area (Å²) in [4.78, 5) is 24.4. The Kier molecular flexibility index (Phi) is 3.16. The molecule has 0 fully saturated rings. The van der Waals surface area contributed by atoms with E-state index in [1.807, 2.05) is 0 Å². The first-order valence-corrected chi connectivity index (χ1v) is 5.44. The molecule has 0 unspecified atom stereocenters. The minimum Gasteiger partial charge on any atom is -0.477 e. The van der Waals surface area contributed by atoms with E-state index in [9.17, 15) is 22.8 Å². The van der Waals surface area contributed by atoms with Crippen LogP contribution in [0.5, 0.6) is 0 Å². The van der Waals surface area contributed by atoms with Crippen molar-refractivity contribution in [2.75, 3.05) is 5.32 Å². The second kappa shape index (κ2) is 4.55. The van der Waals surface area contributed by atoms with E-state index in [2.05, 4.69) is 4.98 Å². The molecule has 0 spiro atoms. The van der Waals surface area contributed by atoms with Crippen LogP contribution in [-0.4, -0.2) is 28.1 Å². The summed E-state index contributed by atoms with van der Waals surface area (Å²) in [6, 6.07) is 3.95. The highest BCUT2D eigenvalue weighted by Crippen LogP contribution is 2.26. The van der Waals surface area contributed by atoms with Crippen molar-refractivity contribution >= 4 is 28.5 Å². The number of H-pyrrole nitrogens is 1. The van der Waals surface area contributed by atoms with Gasteiger partial charge in [-0.3, -0.25) is 4.79 Å². The Morgan fingerprint density at radius 2 is 1.95 bits per heavy atom. The van der Waals surface area contributed by atoms with Crippen LogP contribution in [0.25, 0.3) is 10.9 Å². The SMILES string of the molecule is Cc1c(C(=O)O)[nH]c2ccc(NC(=O)C(F)(F)F)cc12. The zero-order chi connectivity index (χ0) is 15.1. The van der Waals surface area contributed by atoms with E-state index < -0.39 is 18.1 Å². The Morgan fingerprint density at radius 3 is 2.50 bits per heavy atom. The first-order valence-electron chi connectivity index (χ1n) is 5.44. The molecule has 0 saturated carbocycles. The number of anilines is 1. The number of carbonyl (C=O) groups is 2. The van der Waals surface area contributed by atoms with Gasteiger partial charge in [0.25, 0.3) is 0 Å². The number of aromatic carboxylic acids is 1. The molecule has 20 heavy (non-hydrogen) atoms. The first kappa shape index (κ1) is 13.9. The molecule has 0 aliphatic heterocycles. The van der Waals surface area contributed by atoms with Crippen molar-refractivity contribution in [1.82, 2.24) is 4.98 Å². The van der Waals surface area contributed by atoms with Crippen molar-refractivity contribution in [2.45, 2.75) is 13.1 Å². The second-order valence-electron chi connectivity index (χ2n) is 4.14. The highest BCUT2D eigenvalue weighted by molar-refractivity contribution is 6.00. The molecule has 1 aromatic heterocycles. The molecule has 0 aliphatic rings. The van der Waals surface area contributed by atoms with Crippen molar-refractivity contribution < 1.29 is 27.9 Å². The van der Waals surface area contributed by atoms with Crippen LogP contribution in [0.3, 0.4) is 0 Å². The van der Waals surface area contributed by atoms with Crippen LogP contribution >= 0.6 is 0 Å². The summed E-state index contributed by atoms with van der Waals surface area (Å²) in [5.41, 5.74) is 0.749. The van der Waals surface area contributed by atoms with Crippen molar-refractivity contribution in [1.29, 1.82) is 0 Å². The Balaban J connectivity index is 2.41. The number of carboxylic acids is 1. The Bertz CT molecular complexity index is 704. The summed E-state index contributed by atoms with van der Waals surface area (Å²) >= 11 is 0. The number of hydrogen-bond acceptors (Lipinski definition) is 2. The number of aryl methyl sites for hydroxylation is 1. The van der Waals surface area contributed by atoms with Gasteiger partial charge in [0, 0.05) is 16.6 Å². The number of alkyl halides is 3. The van der Waals surface area contributed by atoms with Gasteiger partial charge in [-0.1, -0.05) is 0 Å². The topological polar surface area (TPSA) is 82.2 Å². The third kappa shape index (κ3) is 2.44. The maximum absolute atomic E-state index is 12.1. The van der Waals surface area contributed by atoms with Crippen LogP contribution in [-0.2, 0) is 4.79 Å². The molecule has 2 rings (SSSR count). The second-order valence-corrected chi connectivity index (χ2v) is 4.14. The van der Waals surface area contributed by atoms with Crippen LogP contribution in [0.15, 0.2) is 18.2 Å². The van der Waals surface area contributed by atoms with Gasteiger partial charge in [-0.15, -0.1) is 0 Å². The molecule has 3 N–H and O–H groups in total. The van der Waals surface area contributed by atoms with Crippen LogP contribution in [0.1, 0.15) is 16.1 Å². The van der Waals surface area contributed by atoms with E-state index in [1.165, 1.54) is 25.1 Å². The van der Waals surface area contributed by atoms with Crippen molar-refractivity contribution in [3.8, 4) is 0 Å². The van der Waals surface area contributed by atoms with Crippen molar-refractivity contribution in [3.05, 3.63) is 29.5 Å². The van der Waals surface area contributed by atoms with Gasteiger partial charge in [-0.2, -0.15) is 13.2 Å². The zero-order valence-corrected chi connectivity index (χ0v) is 10.1. The number of aromatic amines is 1. The Morgan fingerprint density at radius 1 is 1.30 bits per heavy atom. The van der Waals surface area contributed by atoms with Crippen molar-refractivity contribution in [3.63, 3.8) is 0 Å². The summed E-state index contributed by atoms with van der Waals surface area (Å²) in [5, 5.41) is 11.1. The summed E-state index contributed by atoms with van der Waals surface area (Å²) in [7, 11) is 0. The fourth-order valence-corrected chi connectivity index (χ4v) is 1.82. The molecule has 8 heteroatoms. The fourth-order valence-electron chi connectivity index (χ4n) is 1.82. The van der Waals surface area contributed by atoms with Crippen LogP contribution in [0.2, 0.25) is 0 Å². The van der Waals surface area contributed by atoms with Crippen LogP contribution in [0, 0.1) is 6.92 Å². The molecule has 0 aliphatic carbocycles. The highest BCUT2D eigenvalue weighted by atomic mass is 19.4. The first-order chi connectivity index (χ1) is 9.20. The Hall–Kier alpha value is -2.51. The smallest absolute Gasteiger partial charge is 0.471 e. The fraction of sp³-hybridized carbons (Fsp3) is 0.167. The average molecular weight is 286 g/mol. The lowest BCUT2D eigenvalue weighted by Crippen LogP contribution is -2.29. The summed E-state index contributed by atoms with van der Waals surface area (Å²) in [6.07, 6.45) is -4.98. The zero-order valence-electron chi connectivity index (χ0n) is 10.1. The van der Waals surface area contributed by atoms with Gasteiger partial charge in [0.05, 0.1) is 0 Å². The molecule has 1 amide bonds. The number of benzene rings is 1. The number of carboxylic acid groups (broad SMARTS) is 1. The number of aromatic nitrogens is 1. The molecule has 1 heterocycles. The van der Waals surface area contributed by atoms with E-state index in [0.717, 1.165) is 0 Å². The third-order valence-corrected chi connectivity index (χ3v) is 2.79. The molecular weight excluding hydrogens is 277 g/mol. The van der Waals surface area contributed by atoms with E-state index in [-0.39, 0.29) is 11.4 Å². The van der Waals surface area contributed by atoms with E-state index in [4.69, 9.17) is 5.11 Å². The molecular formula is C12H9F3N2O3. The number of rotatable bonds is 2. The summed E-state index contributed by atoms with van der Waals surface area (Å²) < 4.78 is 36.4. The number of hydrogen-bond donors (Lipinski definition) is 3.